The molecule has 120 valence electrons. The molecular formula is C16H14Br3N3O. The highest BCUT2D eigenvalue weighted by Gasteiger charge is 2.07. The van der Waals surface area contributed by atoms with Crippen molar-refractivity contribution in [2.45, 2.75) is 6.92 Å². The summed E-state index contributed by atoms with van der Waals surface area (Å²) in [6, 6.07) is 11.6. The van der Waals surface area contributed by atoms with E-state index in [4.69, 9.17) is 0 Å². The van der Waals surface area contributed by atoms with E-state index in [0.717, 1.165) is 30.2 Å². The first kappa shape index (κ1) is 18.2. The van der Waals surface area contributed by atoms with E-state index in [1.807, 2.05) is 43.3 Å². The molecule has 0 atom stereocenters. The van der Waals surface area contributed by atoms with Crippen LogP contribution in [0.2, 0.25) is 0 Å². The summed E-state index contributed by atoms with van der Waals surface area (Å²) in [5.74, 6) is -0.226. The van der Waals surface area contributed by atoms with Crippen molar-refractivity contribution in [3.63, 3.8) is 0 Å². The number of benzene rings is 2. The van der Waals surface area contributed by atoms with E-state index in [1.54, 1.807) is 6.21 Å². The van der Waals surface area contributed by atoms with Gasteiger partial charge in [0.25, 0.3) is 5.91 Å². The lowest BCUT2D eigenvalue weighted by Crippen LogP contribution is -2.26. The number of hydrogen-bond acceptors (Lipinski definition) is 3. The molecule has 0 aliphatic heterocycles. The smallest absolute Gasteiger partial charge is 0.259 e. The molecule has 0 saturated carbocycles. The van der Waals surface area contributed by atoms with Gasteiger partial charge in [-0.25, -0.2) is 5.43 Å². The normalized spacial score (nSPS) is 10.8. The first-order valence-electron chi connectivity index (χ1n) is 6.72. The van der Waals surface area contributed by atoms with Crippen molar-refractivity contribution >= 4 is 65.6 Å². The van der Waals surface area contributed by atoms with Crippen LogP contribution >= 0.6 is 47.8 Å². The molecule has 0 saturated heterocycles. The van der Waals surface area contributed by atoms with Crippen LogP contribution in [0.1, 0.15) is 11.1 Å². The van der Waals surface area contributed by atoms with E-state index in [1.165, 1.54) is 0 Å². The minimum atomic E-state index is -0.226. The van der Waals surface area contributed by atoms with Gasteiger partial charge in [0.05, 0.1) is 18.4 Å². The Morgan fingerprint density at radius 2 is 1.87 bits per heavy atom. The molecule has 0 spiro atoms. The standard InChI is InChI=1S/C16H14Br3N3O/c1-10-5-13(18)16(14(19)6-10)20-9-15(23)22-21-8-11-3-2-4-12(17)7-11/h2-8,20H,9H2,1H3,(H,22,23). The van der Waals surface area contributed by atoms with Gasteiger partial charge in [-0.05, 0) is 74.2 Å². The van der Waals surface area contributed by atoms with Gasteiger partial charge in [-0.3, -0.25) is 4.79 Å². The maximum atomic E-state index is 11.8. The van der Waals surface area contributed by atoms with Crippen molar-refractivity contribution in [1.82, 2.24) is 5.43 Å². The molecule has 0 bridgehead atoms. The fourth-order valence-electron chi connectivity index (χ4n) is 1.84. The molecule has 23 heavy (non-hydrogen) atoms. The molecule has 2 aromatic rings. The van der Waals surface area contributed by atoms with Gasteiger partial charge < -0.3 is 5.32 Å². The lowest BCUT2D eigenvalue weighted by molar-refractivity contribution is -0.119. The third-order valence-electron chi connectivity index (χ3n) is 2.86. The van der Waals surface area contributed by atoms with Crippen LogP contribution in [0.3, 0.4) is 0 Å². The molecular weight excluding hydrogens is 490 g/mol. The molecule has 0 unspecified atom stereocenters. The highest BCUT2D eigenvalue weighted by molar-refractivity contribution is 9.11. The average molecular weight is 504 g/mol. The number of hydrogen-bond donors (Lipinski definition) is 2. The topological polar surface area (TPSA) is 53.5 Å². The van der Waals surface area contributed by atoms with Gasteiger partial charge >= 0.3 is 0 Å². The van der Waals surface area contributed by atoms with Gasteiger partial charge in [0, 0.05) is 13.4 Å². The summed E-state index contributed by atoms with van der Waals surface area (Å²) in [6.45, 7) is 2.12. The number of carbonyl (C=O) groups excluding carboxylic acids is 1. The van der Waals surface area contributed by atoms with Crippen LogP contribution in [-0.2, 0) is 4.79 Å². The average Bonchev–Trinajstić information content (AvgIpc) is 2.46. The second kappa shape index (κ2) is 8.61. The van der Waals surface area contributed by atoms with Gasteiger partial charge in [-0.2, -0.15) is 5.10 Å². The van der Waals surface area contributed by atoms with E-state index < -0.39 is 0 Å². The van der Waals surface area contributed by atoms with Gasteiger partial charge in [0.2, 0.25) is 0 Å². The number of nitrogens with zero attached hydrogens (tertiary/aromatic N) is 1. The van der Waals surface area contributed by atoms with Gasteiger partial charge in [-0.15, -0.1) is 0 Å². The Morgan fingerprint density at radius 1 is 1.17 bits per heavy atom. The summed E-state index contributed by atoms with van der Waals surface area (Å²) in [7, 11) is 0. The van der Waals surface area contributed by atoms with E-state index in [2.05, 4.69) is 63.6 Å². The summed E-state index contributed by atoms with van der Waals surface area (Å²) in [5, 5.41) is 7.02. The number of anilines is 1. The first-order valence-corrected chi connectivity index (χ1v) is 9.10. The Hall–Kier alpha value is -1.18. The minimum Gasteiger partial charge on any atom is -0.374 e. The summed E-state index contributed by atoms with van der Waals surface area (Å²) in [5.41, 5.74) is 5.35. The van der Waals surface area contributed by atoms with Crippen molar-refractivity contribution < 1.29 is 4.79 Å². The van der Waals surface area contributed by atoms with Crippen LogP contribution in [-0.4, -0.2) is 18.7 Å². The molecule has 7 heteroatoms. The Kier molecular flexibility index (Phi) is 6.80. The van der Waals surface area contributed by atoms with Crippen molar-refractivity contribution in [3.8, 4) is 0 Å². The number of rotatable bonds is 5. The van der Waals surface area contributed by atoms with Gasteiger partial charge in [0.15, 0.2) is 0 Å². The zero-order chi connectivity index (χ0) is 16.8. The Morgan fingerprint density at radius 3 is 2.52 bits per heavy atom. The summed E-state index contributed by atoms with van der Waals surface area (Å²) >= 11 is 10.3. The lowest BCUT2D eigenvalue weighted by Gasteiger charge is -2.11. The fraction of sp³-hybridized carbons (Fsp3) is 0.125. The molecule has 0 radical (unpaired) electrons. The monoisotopic (exact) mass is 501 g/mol. The number of hydrazone groups is 1. The van der Waals surface area contributed by atoms with Crippen molar-refractivity contribution in [2.24, 2.45) is 5.10 Å². The first-order chi connectivity index (χ1) is 11.0. The molecule has 0 heterocycles. The van der Waals surface area contributed by atoms with Crippen LogP contribution in [0.25, 0.3) is 0 Å². The van der Waals surface area contributed by atoms with Crippen molar-refractivity contribution in [2.75, 3.05) is 11.9 Å². The fourth-order valence-corrected chi connectivity index (χ4v) is 3.96. The van der Waals surface area contributed by atoms with E-state index >= 15 is 0 Å². The molecule has 0 fully saturated rings. The van der Waals surface area contributed by atoms with Crippen LogP contribution in [0.4, 0.5) is 5.69 Å². The molecule has 0 aliphatic rings. The summed E-state index contributed by atoms with van der Waals surface area (Å²) in [6.07, 6.45) is 1.60. The van der Waals surface area contributed by atoms with Crippen LogP contribution in [0.5, 0.6) is 0 Å². The number of aryl methyl sites for hydroxylation is 1. The molecule has 0 aliphatic carbocycles. The van der Waals surface area contributed by atoms with Crippen LogP contribution in [0, 0.1) is 6.92 Å². The van der Waals surface area contributed by atoms with Crippen LogP contribution < -0.4 is 10.7 Å². The predicted molar refractivity (Wildman–Crippen MR) is 105 cm³/mol. The molecule has 2 aromatic carbocycles. The Balaban J connectivity index is 1.88. The van der Waals surface area contributed by atoms with Crippen molar-refractivity contribution in [1.29, 1.82) is 0 Å². The number of carbonyl (C=O) groups is 1. The molecule has 4 nitrogen and oxygen atoms in total. The predicted octanol–water partition coefficient (Wildman–Crippen LogP) is 4.84. The quantitative estimate of drug-likeness (QED) is 0.453. The zero-order valence-corrected chi connectivity index (χ0v) is 17.0. The molecule has 1 amide bonds. The van der Waals surface area contributed by atoms with E-state index in [0.29, 0.717) is 0 Å². The zero-order valence-electron chi connectivity index (χ0n) is 12.2. The highest BCUT2D eigenvalue weighted by Crippen LogP contribution is 2.32. The van der Waals surface area contributed by atoms with Gasteiger partial charge in [-0.1, -0.05) is 28.1 Å². The second-order valence-corrected chi connectivity index (χ2v) is 7.43. The second-order valence-electron chi connectivity index (χ2n) is 4.81. The number of halogens is 3. The Bertz CT molecular complexity index is 724. The van der Waals surface area contributed by atoms with E-state index in [9.17, 15) is 4.79 Å². The van der Waals surface area contributed by atoms with Crippen molar-refractivity contribution in [3.05, 3.63) is 60.9 Å². The summed E-state index contributed by atoms with van der Waals surface area (Å²) < 4.78 is 2.76. The largest absolute Gasteiger partial charge is 0.374 e. The van der Waals surface area contributed by atoms with Crippen LogP contribution in [0.15, 0.2) is 54.9 Å². The van der Waals surface area contributed by atoms with E-state index in [-0.39, 0.29) is 12.5 Å². The maximum absolute atomic E-state index is 11.8. The highest BCUT2D eigenvalue weighted by atomic mass is 79.9. The Labute approximate surface area is 160 Å². The SMILES string of the molecule is Cc1cc(Br)c(NCC(=O)NN=Cc2cccc(Br)c2)c(Br)c1. The minimum absolute atomic E-state index is 0.121. The summed E-state index contributed by atoms with van der Waals surface area (Å²) in [4.78, 5) is 11.8. The third kappa shape index (κ3) is 5.75. The third-order valence-corrected chi connectivity index (χ3v) is 4.61. The number of nitrogens with one attached hydrogen (secondary N) is 2. The lowest BCUT2D eigenvalue weighted by atomic mass is 10.2. The van der Waals surface area contributed by atoms with Gasteiger partial charge in [0.1, 0.15) is 0 Å². The molecule has 2 N–H and O–H groups in total. The maximum Gasteiger partial charge on any atom is 0.259 e. The molecule has 2 rings (SSSR count). The number of amides is 1. The molecule has 0 aromatic heterocycles.